The van der Waals surface area contributed by atoms with Crippen LogP contribution in [0.15, 0.2) is 30.3 Å². The van der Waals surface area contributed by atoms with Crippen molar-refractivity contribution in [2.45, 2.75) is 39.2 Å². The lowest BCUT2D eigenvalue weighted by Gasteiger charge is -2.19. The van der Waals surface area contributed by atoms with Gasteiger partial charge in [-0.2, -0.15) is 0 Å². The van der Waals surface area contributed by atoms with Gasteiger partial charge in [-0.1, -0.05) is 25.5 Å². The van der Waals surface area contributed by atoms with Crippen LogP contribution in [0.3, 0.4) is 0 Å². The van der Waals surface area contributed by atoms with Gasteiger partial charge in [0.2, 0.25) is 0 Å². The van der Waals surface area contributed by atoms with Crippen molar-refractivity contribution in [1.29, 1.82) is 0 Å². The van der Waals surface area contributed by atoms with Crippen LogP contribution in [0.1, 0.15) is 45.4 Å². The molecule has 1 aliphatic carbocycles. The molecule has 1 aromatic heterocycles. The van der Waals surface area contributed by atoms with Crippen LogP contribution in [0.25, 0.3) is 0 Å². The minimum absolute atomic E-state index is 0.269. The van der Waals surface area contributed by atoms with E-state index in [1.165, 1.54) is 34.6 Å². The zero-order valence-corrected chi connectivity index (χ0v) is 16.6. The maximum absolute atomic E-state index is 12.3. The number of ether oxygens (including phenoxy) is 2. The Morgan fingerprint density at radius 2 is 2.04 bits per heavy atom. The average Bonchev–Trinajstić information content (AvgIpc) is 3.14. The molecule has 2 aromatic rings. The van der Waals surface area contributed by atoms with E-state index >= 15 is 0 Å². The lowest BCUT2D eigenvalue weighted by Crippen LogP contribution is -2.28. The SMILES string of the molecule is CC[C@H]1CCc2sc(C(=O)OCC(=O)NCc3ccc(OC)cc3)cc2C1. The molecule has 0 unspecified atom stereocenters. The van der Waals surface area contributed by atoms with Crippen LogP contribution < -0.4 is 10.1 Å². The number of carbonyl (C=O) groups excluding carboxylic acids is 2. The quantitative estimate of drug-likeness (QED) is 0.735. The van der Waals surface area contributed by atoms with E-state index in [9.17, 15) is 9.59 Å². The summed E-state index contributed by atoms with van der Waals surface area (Å²) < 4.78 is 10.3. The molecule has 27 heavy (non-hydrogen) atoms. The maximum Gasteiger partial charge on any atom is 0.348 e. The van der Waals surface area contributed by atoms with Crippen molar-refractivity contribution in [3.8, 4) is 5.75 Å². The molecule has 5 nitrogen and oxygen atoms in total. The normalized spacial score (nSPS) is 15.7. The molecular weight excluding hydrogens is 362 g/mol. The number of rotatable bonds is 7. The van der Waals surface area contributed by atoms with Crippen LogP contribution in [-0.4, -0.2) is 25.6 Å². The van der Waals surface area contributed by atoms with Gasteiger partial charge >= 0.3 is 5.97 Å². The molecule has 144 valence electrons. The van der Waals surface area contributed by atoms with E-state index in [4.69, 9.17) is 9.47 Å². The lowest BCUT2D eigenvalue weighted by atomic mass is 9.87. The number of hydrogen-bond acceptors (Lipinski definition) is 5. The number of fused-ring (bicyclic) bond motifs is 1. The first-order valence-electron chi connectivity index (χ1n) is 9.27. The Hall–Kier alpha value is -2.34. The van der Waals surface area contributed by atoms with E-state index in [2.05, 4.69) is 12.2 Å². The molecule has 0 saturated heterocycles. The first-order chi connectivity index (χ1) is 13.1. The topological polar surface area (TPSA) is 64.6 Å². The molecule has 1 N–H and O–H groups in total. The highest BCUT2D eigenvalue weighted by Gasteiger charge is 2.22. The molecule has 0 fully saturated rings. The molecule has 0 aliphatic heterocycles. The third-order valence-corrected chi connectivity index (χ3v) is 6.16. The monoisotopic (exact) mass is 387 g/mol. The molecule has 0 bridgehead atoms. The maximum atomic E-state index is 12.3. The summed E-state index contributed by atoms with van der Waals surface area (Å²) in [6.07, 6.45) is 4.43. The predicted molar refractivity (Wildman–Crippen MR) is 105 cm³/mol. The minimum atomic E-state index is -0.415. The number of carbonyl (C=O) groups is 2. The first-order valence-corrected chi connectivity index (χ1v) is 10.1. The van der Waals surface area contributed by atoms with Crippen LogP contribution in [0, 0.1) is 5.92 Å². The molecule has 0 saturated carbocycles. The molecule has 0 spiro atoms. The van der Waals surface area contributed by atoms with Crippen molar-refractivity contribution >= 4 is 23.2 Å². The molecule has 1 heterocycles. The number of thiophene rings is 1. The molecule has 6 heteroatoms. The van der Waals surface area contributed by atoms with E-state index in [0.29, 0.717) is 17.3 Å². The molecule has 0 radical (unpaired) electrons. The Balaban J connectivity index is 1.46. The molecule has 1 aromatic carbocycles. The molecule has 3 rings (SSSR count). The summed E-state index contributed by atoms with van der Waals surface area (Å²) in [6.45, 7) is 2.32. The number of nitrogens with one attached hydrogen (secondary N) is 1. The average molecular weight is 388 g/mol. The van der Waals surface area contributed by atoms with Crippen molar-refractivity contribution < 1.29 is 19.1 Å². The van der Waals surface area contributed by atoms with Crippen molar-refractivity contribution in [2.24, 2.45) is 5.92 Å². The van der Waals surface area contributed by atoms with Crippen molar-refractivity contribution in [3.63, 3.8) is 0 Å². The summed E-state index contributed by atoms with van der Waals surface area (Å²) in [6, 6.07) is 9.38. The zero-order chi connectivity index (χ0) is 19.2. The van der Waals surface area contributed by atoms with Gasteiger partial charge in [0.25, 0.3) is 5.91 Å². The van der Waals surface area contributed by atoms with Gasteiger partial charge in [-0.05, 0) is 54.5 Å². The Morgan fingerprint density at radius 1 is 1.26 bits per heavy atom. The Morgan fingerprint density at radius 3 is 2.74 bits per heavy atom. The van der Waals surface area contributed by atoms with Crippen molar-refractivity contribution in [2.75, 3.05) is 13.7 Å². The third kappa shape index (κ3) is 5.10. The fourth-order valence-corrected chi connectivity index (χ4v) is 4.35. The van der Waals surface area contributed by atoms with Gasteiger partial charge in [-0.25, -0.2) is 4.79 Å². The molecule has 1 aliphatic rings. The second kappa shape index (κ2) is 9.04. The fraction of sp³-hybridized carbons (Fsp3) is 0.429. The largest absolute Gasteiger partial charge is 0.497 e. The van der Waals surface area contributed by atoms with Gasteiger partial charge in [-0.3, -0.25) is 4.79 Å². The van der Waals surface area contributed by atoms with E-state index in [1.54, 1.807) is 7.11 Å². The summed E-state index contributed by atoms with van der Waals surface area (Å²) >= 11 is 1.50. The number of hydrogen-bond donors (Lipinski definition) is 1. The van der Waals surface area contributed by atoms with E-state index in [1.807, 2.05) is 30.3 Å². The second-order valence-electron chi connectivity index (χ2n) is 6.78. The number of aryl methyl sites for hydroxylation is 1. The fourth-order valence-electron chi connectivity index (χ4n) is 3.25. The summed E-state index contributed by atoms with van der Waals surface area (Å²) in [7, 11) is 1.61. The highest BCUT2D eigenvalue weighted by molar-refractivity contribution is 7.14. The Bertz CT molecular complexity index is 797. The van der Waals surface area contributed by atoms with Crippen LogP contribution >= 0.6 is 11.3 Å². The van der Waals surface area contributed by atoms with Crippen LogP contribution in [0.4, 0.5) is 0 Å². The summed E-state index contributed by atoms with van der Waals surface area (Å²) in [5.74, 6) is 0.746. The second-order valence-corrected chi connectivity index (χ2v) is 7.91. The highest BCUT2D eigenvalue weighted by atomic mass is 32.1. The zero-order valence-electron chi connectivity index (χ0n) is 15.7. The number of methoxy groups -OCH3 is 1. The third-order valence-electron chi connectivity index (χ3n) is 4.95. The Kier molecular flexibility index (Phi) is 6.50. The van der Waals surface area contributed by atoms with Gasteiger partial charge in [0.05, 0.1) is 7.11 Å². The van der Waals surface area contributed by atoms with Crippen LogP contribution in [0.2, 0.25) is 0 Å². The van der Waals surface area contributed by atoms with Crippen LogP contribution in [0.5, 0.6) is 5.75 Å². The summed E-state index contributed by atoms with van der Waals surface area (Å²) in [5, 5.41) is 2.75. The van der Waals surface area contributed by atoms with E-state index in [-0.39, 0.29) is 12.5 Å². The van der Waals surface area contributed by atoms with Crippen molar-refractivity contribution in [1.82, 2.24) is 5.32 Å². The van der Waals surface area contributed by atoms with Gasteiger partial charge in [-0.15, -0.1) is 11.3 Å². The minimum Gasteiger partial charge on any atom is -0.497 e. The van der Waals surface area contributed by atoms with Gasteiger partial charge in [0.15, 0.2) is 6.61 Å². The van der Waals surface area contributed by atoms with Crippen molar-refractivity contribution in [3.05, 3.63) is 51.2 Å². The standard InChI is InChI=1S/C21H25NO4S/c1-3-14-6-9-18-16(10-14)11-19(27-18)21(24)26-13-20(23)22-12-15-4-7-17(25-2)8-5-15/h4-5,7-8,11,14H,3,6,9-10,12-13H2,1-2H3,(H,22,23)/t14-/m0/s1. The van der Waals surface area contributed by atoms with Crippen LogP contribution in [-0.2, 0) is 28.9 Å². The van der Waals surface area contributed by atoms with Gasteiger partial charge < -0.3 is 14.8 Å². The lowest BCUT2D eigenvalue weighted by molar-refractivity contribution is -0.124. The van der Waals surface area contributed by atoms with Gasteiger partial charge in [0.1, 0.15) is 10.6 Å². The van der Waals surface area contributed by atoms with Gasteiger partial charge in [0, 0.05) is 11.4 Å². The highest BCUT2D eigenvalue weighted by Crippen LogP contribution is 2.33. The first kappa shape index (κ1) is 19.4. The molecule has 1 amide bonds. The summed E-state index contributed by atoms with van der Waals surface area (Å²) in [4.78, 5) is 26.1. The molecular formula is C21H25NO4S. The number of benzene rings is 1. The van der Waals surface area contributed by atoms with E-state index in [0.717, 1.165) is 24.2 Å². The smallest absolute Gasteiger partial charge is 0.348 e. The predicted octanol–water partition coefficient (Wildman–Crippen LogP) is 3.74. The van der Waals surface area contributed by atoms with E-state index < -0.39 is 5.97 Å². The Labute approximate surface area is 163 Å². The molecule has 1 atom stereocenters. The summed E-state index contributed by atoms with van der Waals surface area (Å²) in [5.41, 5.74) is 2.22. The number of esters is 1. The number of amides is 1.